The first-order valence-electron chi connectivity index (χ1n) is 10.5. The molecule has 162 valence electrons. The average molecular weight is 478 g/mol. The molecule has 4 heteroatoms. The summed E-state index contributed by atoms with van der Waals surface area (Å²) in [7, 11) is 0. The fraction of sp³-hybridized carbons (Fsp3) is 0.143. The molecule has 32 heavy (non-hydrogen) atoms. The summed E-state index contributed by atoms with van der Waals surface area (Å²) in [4.78, 5) is 0.925. The molecule has 0 aliphatic rings. The minimum absolute atomic E-state index is 0.0121. The second-order valence-electron chi connectivity index (χ2n) is 8.71. The number of hydrogen-bond donors (Lipinski definition) is 1. The van der Waals surface area contributed by atoms with Gasteiger partial charge in [-0.1, -0.05) is 105 Å². The molecule has 0 fully saturated rings. The highest BCUT2D eigenvalue weighted by molar-refractivity contribution is 8.00. The van der Waals surface area contributed by atoms with Crippen molar-refractivity contribution < 1.29 is 0 Å². The highest BCUT2D eigenvalue weighted by Crippen LogP contribution is 2.43. The van der Waals surface area contributed by atoms with Gasteiger partial charge in [0.05, 0.1) is 10.7 Å². The van der Waals surface area contributed by atoms with E-state index in [0.717, 1.165) is 21.7 Å². The Morgan fingerprint density at radius 2 is 1.22 bits per heavy atom. The van der Waals surface area contributed by atoms with Crippen LogP contribution in [0.1, 0.15) is 26.3 Å². The minimum Gasteiger partial charge on any atom is -0.324 e. The highest BCUT2D eigenvalue weighted by atomic mass is 35.5. The van der Waals surface area contributed by atoms with E-state index in [0.29, 0.717) is 10.0 Å². The average Bonchev–Trinajstić information content (AvgIpc) is 2.78. The molecule has 1 N–H and O–H groups in total. The first kappa shape index (κ1) is 22.8. The monoisotopic (exact) mass is 477 g/mol. The predicted octanol–water partition coefficient (Wildman–Crippen LogP) is 9.74. The quantitative estimate of drug-likeness (QED) is 0.287. The van der Waals surface area contributed by atoms with E-state index in [9.17, 15) is 0 Å². The van der Waals surface area contributed by atoms with Crippen molar-refractivity contribution in [1.82, 2.24) is 0 Å². The van der Waals surface area contributed by atoms with Crippen molar-refractivity contribution >= 4 is 40.8 Å². The van der Waals surface area contributed by atoms with Crippen molar-refractivity contribution in [3.8, 4) is 22.3 Å². The van der Waals surface area contributed by atoms with Crippen LogP contribution in [-0.2, 0) is 5.41 Å². The molecule has 0 saturated carbocycles. The van der Waals surface area contributed by atoms with E-state index >= 15 is 0 Å². The lowest BCUT2D eigenvalue weighted by Gasteiger charge is -2.25. The highest BCUT2D eigenvalue weighted by Gasteiger charge is 2.21. The van der Waals surface area contributed by atoms with Gasteiger partial charge >= 0.3 is 0 Å². The van der Waals surface area contributed by atoms with Crippen molar-refractivity contribution in [2.75, 3.05) is 4.72 Å². The molecule has 0 saturated heterocycles. The van der Waals surface area contributed by atoms with Gasteiger partial charge in [-0.3, -0.25) is 0 Å². The normalized spacial score (nSPS) is 11.4. The van der Waals surface area contributed by atoms with Crippen LogP contribution in [0, 0.1) is 0 Å². The van der Waals surface area contributed by atoms with Crippen LogP contribution in [0.25, 0.3) is 22.3 Å². The largest absolute Gasteiger partial charge is 0.324 e. The predicted molar refractivity (Wildman–Crippen MR) is 142 cm³/mol. The Bertz CT molecular complexity index is 1150. The van der Waals surface area contributed by atoms with E-state index in [1.165, 1.54) is 28.6 Å². The fourth-order valence-corrected chi connectivity index (χ4v) is 4.79. The van der Waals surface area contributed by atoms with Gasteiger partial charge in [0.25, 0.3) is 0 Å². The zero-order chi connectivity index (χ0) is 22.7. The number of halogens is 2. The van der Waals surface area contributed by atoms with Crippen LogP contribution in [-0.4, -0.2) is 0 Å². The van der Waals surface area contributed by atoms with E-state index < -0.39 is 0 Å². The fourth-order valence-electron chi connectivity index (χ4n) is 3.54. The molecule has 1 nitrogen and oxygen atoms in total. The van der Waals surface area contributed by atoms with Crippen LogP contribution in [0.2, 0.25) is 10.0 Å². The summed E-state index contributed by atoms with van der Waals surface area (Å²) in [6.45, 7) is 6.75. The van der Waals surface area contributed by atoms with Gasteiger partial charge in [-0.2, -0.15) is 0 Å². The molecule has 0 atom stereocenters. The van der Waals surface area contributed by atoms with E-state index in [4.69, 9.17) is 23.2 Å². The summed E-state index contributed by atoms with van der Waals surface area (Å²) < 4.78 is 3.62. The summed E-state index contributed by atoms with van der Waals surface area (Å²) in [5, 5.41) is 1.26. The SMILES string of the molecule is CC(C)(C)c1cc(-c2ccccc2)c(NSc2ccc(Cl)cc2Cl)c(-c2ccccc2)c1. The Labute approximate surface area is 204 Å². The summed E-state index contributed by atoms with van der Waals surface area (Å²) in [6, 6.07) is 31.2. The standard InChI is InChI=1S/C28H25Cl2NS/c1-28(2,3)21-16-23(19-10-6-4-7-11-19)27(24(17-21)20-12-8-5-9-13-20)31-32-26-15-14-22(29)18-25(26)30/h4-18,31H,1-3H3. The number of rotatable bonds is 5. The zero-order valence-corrected chi connectivity index (χ0v) is 20.7. The lowest BCUT2D eigenvalue weighted by molar-refractivity contribution is 0.591. The maximum absolute atomic E-state index is 6.45. The molecule has 4 aromatic carbocycles. The maximum atomic E-state index is 6.45. The van der Waals surface area contributed by atoms with Gasteiger partial charge in [0.2, 0.25) is 0 Å². The zero-order valence-electron chi connectivity index (χ0n) is 18.3. The van der Waals surface area contributed by atoms with Gasteiger partial charge in [-0.05, 0) is 64.4 Å². The topological polar surface area (TPSA) is 12.0 Å². The van der Waals surface area contributed by atoms with Gasteiger partial charge in [-0.15, -0.1) is 0 Å². The van der Waals surface area contributed by atoms with Crippen LogP contribution in [0.4, 0.5) is 5.69 Å². The minimum atomic E-state index is 0.0121. The Kier molecular flexibility index (Phi) is 6.85. The first-order valence-corrected chi connectivity index (χ1v) is 12.1. The summed E-state index contributed by atoms with van der Waals surface area (Å²) in [5.41, 5.74) is 7.02. The Hall–Kier alpha value is -2.39. The molecule has 0 radical (unpaired) electrons. The number of benzene rings is 4. The van der Waals surface area contributed by atoms with E-state index in [2.05, 4.69) is 86.2 Å². The van der Waals surface area contributed by atoms with Crippen LogP contribution in [0.15, 0.2) is 95.9 Å². The lowest BCUT2D eigenvalue weighted by Crippen LogP contribution is -2.12. The van der Waals surface area contributed by atoms with Crippen molar-refractivity contribution in [2.24, 2.45) is 0 Å². The van der Waals surface area contributed by atoms with Crippen LogP contribution in [0.3, 0.4) is 0 Å². The summed E-state index contributed by atoms with van der Waals surface area (Å²) in [6.07, 6.45) is 0. The Morgan fingerprint density at radius 1 is 0.688 bits per heavy atom. The number of hydrogen-bond acceptors (Lipinski definition) is 2. The molecule has 0 aromatic heterocycles. The second kappa shape index (κ2) is 9.62. The van der Waals surface area contributed by atoms with Crippen molar-refractivity contribution in [1.29, 1.82) is 0 Å². The molecule has 0 heterocycles. The van der Waals surface area contributed by atoms with E-state index in [1.807, 2.05) is 24.3 Å². The molecule has 0 amide bonds. The van der Waals surface area contributed by atoms with Gasteiger partial charge in [0.15, 0.2) is 0 Å². The van der Waals surface area contributed by atoms with Crippen molar-refractivity contribution in [2.45, 2.75) is 31.1 Å². The third-order valence-electron chi connectivity index (χ3n) is 5.33. The second-order valence-corrected chi connectivity index (χ2v) is 10.4. The molecule has 4 rings (SSSR count). The molecule has 0 spiro atoms. The molecule has 0 bridgehead atoms. The smallest absolute Gasteiger partial charge is 0.0601 e. The number of nitrogens with one attached hydrogen (secondary N) is 1. The molecule has 0 aliphatic heterocycles. The molecular formula is C28H25Cl2NS. The lowest BCUT2D eigenvalue weighted by atomic mass is 9.82. The van der Waals surface area contributed by atoms with Gasteiger partial charge in [-0.25, -0.2) is 0 Å². The molecule has 0 aliphatic carbocycles. The van der Waals surface area contributed by atoms with Crippen molar-refractivity contribution in [3.05, 3.63) is 107 Å². The van der Waals surface area contributed by atoms with Gasteiger partial charge in [0, 0.05) is 21.0 Å². The van der Waals surface area contributed by atoms with Crippen LogP contribution >= 0.6 is 35.1 Å². The summed E-state index contributed by atoms with van der Waals surface area (Å²) >= 11 is 14.0. The Morgan fingerprint density at radius 3 is 1.69 bits per heavy atom. The molecular weight excluding hydrogens is 453 g/mol. The molecule has 4 aromatic rings. The maximum Gasteiger partial charge on any atom is 0.0601 e. The van der Waals surface area contributed by atoms with E-state index in [1.54, 1.807) is 6.07 Å². The number of anilines is 1. The summed E-state index contributed by atoms with van der Waals surface area (Å²) in [5.74, 6) is 0. The Balaban J connectivity index is 1.90. The van der Waals surface area contributed by atoms with Crippen molar-refractivity contribution in [3.63, 3.8) is 0 Å². The molecule has 0 unspecified atom stereocenters. The van der Waals surface area contributed by atoms with E-state index in [-0.39, 0.29) is 5.41 Å². The van der Waals surface area contributed by atoms with Gasteiger partial charge < -0.3 is 4.72 Å². The first-order chi connectivity index (χ1) is 15.3. The third kappa shape index (κ3) is 5.15. The van der Waals surface area contributed by atoms with Gasteiger partial charge in [0.1, 0.15) is 0 Å². The van der Waals surface area contributed by atoms with Crippen LogP contribution < -0.4 is 4.72 Å². The van der Waals surface area contributed by atoms with Crippen LogP contribution in [0.5, 0.6) is 0 Å². The third-order valence-corrected chi connectivity index (χ3v) is 6.87.